The number of hydrogen-bond acceptors (Lipinski definition) is 1. The molecule has 1 fully saturated rings. The van der Waals surface area contributed by atoms with Gasteiger partial charge in [0, 0.05) is 12.8 Å². The predicted octanol–water partition coefficient (Wildman–Crippen LogP) is 3.66. The van der Waals surface area contributed by atoms with Crippen molar-refractivity contribution >= 4 is 5.78 Å². The van der Waals surface area contributed by atoms with Crippen LogP contribution in [0.5, 0.6) is 0 Å². The normalized spacial score (nSPS) is 16.2. The molecule has 0 heterocycles. The van der Waals surface area contributed by atoms with Crippen LogP contribution in [0.2, 0.25) is 0 Å². The third-order valence-corrected chi connectivity index (χ3v) is 2.55. The van der Waals surface area contributed by atoms with Crippen molar-refractivity contribution in [1.82, 2.24) is 0 Å². The lowest BCUT2D eigenvalue weighted by molar-refractivity contribution is -0.119. The largest absolute Gasteiger partial charge is 0.300 e. The van der Waals surface area contributed by atoms with E-state index in [1.807, 2.05) is 0 Å². The quantitative estimate of drug-likeness (QED) is 0.563. The highest BCUT2D eigenvalue weighted by molar-refractivity contribution is 5.80. The summed E-state index contributed by atoms with van der Waals surface area (Å²) < 4.78 is 0. The first-order valence-corrected chi connectivity index (χ1v) is 4.93. The first kappa shape index (κ1) is 12.2. The molecule has 0 bridgehead atoms. The van der Waals surface area contributed by atoms with Gasteiger partial charge in [0.2, 0.25) is 0 Å². The fourth-order valence-corrected chi connectivity index (χ4v) is 1.51. The molecule has 0 unspecified atom stereocenters. The van der Waals surface area contributed by atoms with Gasteiger partial charge in [0.1, 0.15) is 5.78 Å². The predicted molar refractivity (Wildman–Crippen MR) is 57.7 cm³/mol. The van der Waals surface area contributed by atoms with Crippen LogP contribution >= 0.6 is 0 Å². The van der Waals surface area contributed by atoms with Crippen molar-refractivity contribution < 1.29 is 4.79 Å². The monoisotopic (exact) mass is 180 g/mol. The minimum absolute atomic E-state index is 0.442. The molecule has 1 heteroatoms. The number of hydrogen-bond donors (Lipinski definition) is 0. The summed E-state index contributed by atoms with van der Waals surface area (Å²) in [6.45, 7) is 10.4. The number of allylic oxidation sites excluding steroid dienone is 2. The maximum atomic E-state index is 10.9. The summed E-state index contributed by atoms with van der Waals surface area (Å²) in [5.41, 5.74) is 3.03. The van der Waals surface area contributed by atoms with Crippen molar-refractivity contribution in [2.45, 2.75) is 46.0 Å². The number of rotatable bonds is 1. The molecule has 0 aromatic rings. The maximum Gasteiger partial charge on any atom is 0.133 e. The standard InChI is InChI=1S/C10H16O.C2H4/c1-3-8(2)9-4-6-10(11)7-5-9;1-2/h3-7H2,1-2H3;1-2H2. The molecule has 0 radical (unpaired) electrons. The second kappa shape index (κ2) is 6.64. The highest BCUT2D eigenvalue weighted by atomic mass is 16.1. The molecule has 0 aliphatic heterocycles. The van der Waals surface area contributed by atoms with Crippen molar-refractivity contribution in [1.29, 1.82) is 0 Å². The van der Waals surface area contributed by atoms with Gasteiger partial charge in [-0.2, -0.15) is 0 Å². The molecule has 0 N–H and O–H groups in total. The lowest BCUT2D eigenvalue weighted by atomic mass is 9.90. The van der Waals surface area contributed by atoms with E-state index >= 15 is 0 Å². The number of Topliss-reactive ketones (excluding diaryl/α,β-unsaturated/α-hetero) is 1. The summed E-state index contributed by atoms with van der Waals surface area (Å²) in [5.74, 6) is 0.442. The van der Waals surface area contributed by atoms with Gasteiger partial charge >= 0.3 is 0 Å². The van der Waals surface area contributed by atoms with Crippen LogP contribution in [-0.4, -0.2) is 5.78 Å². The third-order valence-electron chi connectivity index (χ3n) is 2.55. The van der Waals surface area contributed by atoms with Crippen molar-refractivity contribution in [2.75, 3.05) is 0 Å². The molecule has 74 valence electrons. The zero-order valence-electron chi connectivity index (χ0n) is 8.86. The average Bonchev–Trinajstić information content (AvgIpc) is 2.21. The number of carbonyl (C=O) groups excluding carboxylic acids is 1. The Morgan fingerprint density at radius 2 is 1.69 bits per heavy atom. The van der Waals surface area contributed by atoms with E-state index in [4.69, 9.17) is 0 Å². The second-order valence-electron chi connectivity index (χ2n) is 3.28. The SMILES string of the molecule is C=C.CCC(C)=C1CCC(=O)CC1. The molecule has 1 saturated carbocycles. The summed E-state index contributed by atoms with van der Waals surface area (Å²) in [5, 5.41) is 0. The molecule has 0 atom stereocenters. The Hall–Kier alpha value is -0.850. The van der Waals surface area contributed by atoms with Crippen molar-refractivity contribution in [3.8, 4) is 0 Å². The molecular formula is C12H20O. The lowest BCUT2D eigenvalue weighted by Gasteiger charge is -2.15. The maximum absolute atomic E-state index is 10.9. The molecule has 1 nitrogen and oxygen atoms in total. The molecule has 1 rings (SSSR count). The van der Waals surface area contributed by atoms with Crippen LogP contribution in [-0.2, 0) is 4.79 Å². The fraction of sp³-hybridized carbons (Fsp3) is 0.583. The Morgan fingerprint density at radius 3 is 2.08 bits per heavy atom. The van der Waals surface area contributed by atoms with Gasteiger partial charge in [-0.25, -0.2) is 0 Å². The Kier molecular flexibility index (Phi) is 6.21. The van der Waals surface area contributed by atoms with Gasteiger partial charge in [0.25, 0.3) is 0 Å². The molecular weight excluding hydrogens is 160 g/mol. The Morgan fingerprint density at radius 1 is 1.23 bits per heavy atom. The molecule has 0 aromatic heterocycles. The molecule has 0 aromatic carbocycles. The van der Waals surface area contributed by atoms with E-state index in [1.165, 1.54) is 11.1 Å². The van der Waals surface area contributed by atoms with Crippen molar-refractivity contribution in [3.63, 3.8) is 0 Å². The van der Waals surface area contributed by atoms with Crippen LogP contribution in [0.1, 0.15) is 46.0 Å². The Bertz CT molecular complexity index is 189. The zero-order valence-corrected chi connectivity index (χ0v) is 8.86. The van der Waals surface area contributed by atoms with E-state index in [2.05, 4.69) is 27.0 Å². The molecule has 0 spiro atoms. The number of ketones is 1. The molecule has 1 aliphatic rings. The molecule has 1 aliphatic carbocycles. The van der Waals surface area contributed by atoms with Crippen LogP contribution in [0, 0.1) is 0 Å². The minimum atomic E-state index is 0.442. The second-order valence-corrected chi connectivity index (χ2v) is 3.28. The van der Waals surface area contributed by atoms with Gasteiger partial charge in [0.15, 0.2) is 0 Å². The molecule has 13 heavy (non-hydrogen) atoms. The number of carbonyl (C=O) groups is 1. The summed E-state index contributed by atoms with van der Waals surface area (Å²) in [6.07, 6.45) is 4.76. The van der Waals surface area contributed by atoms with Crippen molar-refractivity contribution in [3.05, 3.63) is 24.3 Å². The van der Waals surface area contributed by atoms with Crippen LogP contribution in [0.4, 0.5) is 0 Å². The van der Waals surface area contributed by atoms with E-state index in [0.29, 0.717) is 5.78 Å². The lowest BCUT2D eigenvalue weighted by Crippen LogP contribution is -2.07. The van der Waals surface area contributed by atoms with E-state index in [1.54, 1.807) is 0 Å². The summed E-state index contributed by atoms with van der Waals surface area (Å²) in [6, 6.07) is 0. The minimum Gasteiger partial charge on any atom is -0.300 e. The average molecular weight is 180 g/mol. The van der Waals surface area contributed by atoms with E-state index in [0.717, 1.165) is 32.1 Å². The molecule has 0 saturated heterocycles. The highest BCUT2D eigenvalue weighted by Gasteiger charge is 2.13. The summed E-state index contributed by atoms with van der Waals surface area (Å²) in [7, 11) is 0. The van der Waals surface area contributed by atoms with Gasteiger partial charge in [0.05, 0.1) is 0 Å². The van der Waals surface area contributed by atoms with Gasteiger partial charge in [-0.1, -0.05) is 18.1 Å². The summed E-state index contributed by atoms with van der Waals surface area (Å²) >= 11 is 0. The van der Waals surface area contributed by atoms with E-state index in [9.17, 15) is 4.79 Å². The van der Waals surface area contributed by atoms with Gasteiger partial charge in [-0.15, -0.1) is 13.2 Å². The first-order valence-electron chi connectivity index (χ1n) is 4.93. The van der Waals surface area contributed by atoms with Crippen LogP contribution in [0.25, 0.3) is 0 Å². The third kappa shape index (κ3) is 4.07. The summed E-state index contributed by atoms with van der Waals surface area (Å²) in [4.78, 5) is 10.9. The van der Waals surface area contributed by atoms with E-state index in [-0.39, 0.29) is 0 Å². The van der Waals surface area contributed by atoms with Gasteiger partial charge < -0.3 is 0 Å². The fourth-order valence-electron chi connectivity index (χ4n) is 1.51. The highest BCUT2D eigenvalue weighted by Crippen LogP contribution is 2.24. The Labute approximate surface area is 81.5 Å². The van der Waals surface area contributed by atoms with Gasteiger partial charge in [-0.3, -0.25) is 4.79 Å². The molecule has 0 amide bonds. The van der Waals surface area contributed by atoms with Crippen LogP contribution < -0.4 is 0 Å². The van der Waals surface area contributed by atoms with Crippen LogP contribution in [0.3, 0.4) is 0 Å². The zero-order chi connectivity index (χ0) is 10.3. The van der Waals surface area contributed by atoms with Crippen molar-refractivity contribution in [2.24, 2.45) is 0 Å². The topological polar surface area (TPSA) is 17.1 Å². The Balaban J connectivity index is 0.000000671. The van der Waals surface area contributed by atoms with Gasteiger partial charge in [-0.05, 0) is 26.2 Å². The smallest absolute Gasteiger partial charge is 0.133 e. The van der Waals surface area contributed by atoms with Crippen LogP contribution in [0.15, 0.2) is 24.3 Å². The first-order chi connectivity index (χ1) is 6.24. The van der Waals surface area contributed by atoms with E-state index < -0.39 is 0 Å².